The van der Waals surface area contributed by atoms with Crippen LogP contribution in [0.2, 0.25) is 5.04 Å². The summed E-state index contributed by atoms with van der Waals surface area (Å²) in [6.07, 6.45) is 5.21. The molecule has 2 aromatic carbocycles. The summed E-state index contributed by atoms with van der Waals surface area (Å²) in [6.45, 7) is 15.0. The van der Waals surface area contributed by atoms with Gasteiger partial charge < -0.3 is 4.43 Å². The van der Waals surface area contributed by atoms with Gasteiger partial charge >= 0.3 is 0 Å². The van der Waals surface area contributed by atoms with Crippen molar-refractivity contribution < 1.29 is 9.22 Å². The summed E-state index contributed by atoms with van der Waals surface area (Å²) in [5.41, 5.74) is 0.266. The smallest absolute Gasteiger partial charge is 0.261 e. The molecule has 0 radical (unpaired) electrons. The van der Waals surface area contributed by atoms with E-state index in [1.807, 2.05) is 0 Å². The Hall–Kier alpha value is -1.75. The molecule has 2 aliphatic heterocycles. The fraction of sp³-hybridized carbons (Fsp3) is 0.594. The van der Waals surface area contributed by atoms with E-state index in [2.05, 4.69) is 100 Å². The summed E-state index contributed by atoms with van der Waals surface area (Å²) < 4.78 is 7.19. The Morgan fingerprint density at radius 1 is 1.00 bits per heavy atom. The molecule has 3 aliphatic rings. The minimum atomic E-state index is -2.47. The van der Waals surface area contributed by atoms with E-state index in [-0.39, 0.29) is 10.5 Å². The van der Waals surface area contributed by atoms with E-state index in [0.717, 1.165) is 38.8 Å². The predicted octanol–water partition coefficient (Wildman–Crippen LogP) is 5.67. The fourth-order valence-corrected chi connectivity index (χ4v) is 12.6. The standard InChI is InChI=1S/C32H45NO2Si/c1-24-22-33-23-25(32(5)19-18-29(34)28(24)21-30(32)33)13-12-20-35-36(31(2,3)4,26-14-8-6-9-15-26)27-16-10-7-11-17-27/h6-11,14-17,24-25,28,30H,12-13,18-23H2,1-5H3/t24-,25-,28+,30-,32-/m1/s1. The highest BCUT2D eigenvalue weighted by Gasteiger charge is 2.56. The van der Waals surface area contributed by atoms with Gasteiger partial charge in [0.25, 0.3) is 8.32 Å². The Morgan fingerprint density at radius 2 is 1.61 bits per heavy atom. The number of Topliss-reactive ketones (excluding diaryl/α,β-unsaturated/α-hetero) is 1. The average Bonchev–Trinajstić information content (AvgIpc) is 3.05. The van der Waals surface area contributed by atoms with Crippen molar-refractivity contribution in [2.45, 2.75) is 77.8 Å². The molecule has 5 atom stereocenters. The molecule has 0 aromatic heterocycles. The first kappa shape index (κ1) is 25.9. The Balaban J connectivity index is 1.34. The molecule has 3 nitrogen and oxygen atoms in total. The monoisotopic (exact) mass is 503 g/mol. The molecule has 4 heteroatoms. The van der Waals surface area contributed by atoms with Crippen molar-refractivity contribution in [1.29, 1.82) is 0 Å². The highest BCUT2D eigenvalue weighted by atomic mass is 28.4. The minimum absolute atomic E-state index is 0.0164. The molecular formula is C32H45NO2Si. The minimum Gasteiger partial charge on any atom is -0.407 e. The molecule has 1 aliphatic carbocycles. The predicted molar refractivity (Wildman–Crippen MR) is 151 cm³/mol. The summed E-state index contributed by atoms with van der Waals surface area (Å²) in [4.78, 5) is 15.6. The van der Waals surface area contributed by atoms with E-state index < -0.39 is 8.32 Å². The SMILES string of the molecule is C[C@@H]1CN2C[C@@H](CCCO[Si](c3ccccc3)(c3ccccc3)C(C)(C)C)[C@@]3(C)CCC(=O)[C@H]1C[C@@H]23. The quantitative estimate of drug-likeness (QED) is 0.360. The lowest BCUT2D eigenvalue weighted by Crippen LogP contribution is -2.66. The van der Waals surface area contributed by atoms with Crippen molar-refractivity contribution >= 4 is 24.5 Å². The number of rotatable bonds is 7. The van der Waals surface area contributed by atoms with Gasteiger partial charge in [0.05, 0.1) is 0 Å². The van der Waals surface area contributed by atoms with E-state index in [0.29, 0.717) is 29.6 Å². The van der Waals surface area contributed by atoms with Gasteiger partial charge in [-0.2, -0.15) is 0 Å². The number of ketones is 1. The Bertz CT molecular complexity index is 1010. The number of fused-ring (bicyclic) bond motifs is 1. The zero-order valence-electron chi connectivity index (χ0n) is 23.0. The maximum Gasteiger partial charge on any atom is 0.261 e. The van der Waals surface area contributed by atoms with Crippen LogP contribution in [0, 0.1) is 23.2 Å². The second-order valence-electron chi connectivity index (χ2n) is 13.1. The Morgan fingerprint density at radius 3 is 2.19 bits per heavy atom. The van der Waals surface area contributed by atoms with Crippen LogP contribution < -0.4 is 10.4 Å². The van der Waals surface area contributed by atoms with Gasteiger partial charge in [-0.1, -0.05) is 95.3 Å². The number of nitrogens with zero attached hydrogens (tertiary/aromatic N) is 1. The molecule has 36 heavy (non-hydrogen) atoms. The van der Waals surface area contributed by atoms with Crippen LogP contribution in [-0.2, 0) is 9.22 Å². The second-order valence-corrected chi connectivity index (χ2v) is 17.4. The number of piperidine rings is 1. The summed E-state index contributed by atoms with van der Waals surface area (Å²) in [7, 11) is -2.47. The van der Waals surface area contributed by atoms with Crippen LogP contribution in [0.5, 0.6) is 0 Å². The number of benzene rings is 2. The van der Waals surface area contributed by atoms with E-state index in [4.69, 9.17) is 4.43 Å². The lowest BCUT2D eigenvalue weighted by Gasteiger charge is -2.43. The van der Waals surface area contributed by atoms with Crippen molar-refractivity contribution in [2.24, 2.45) is 23.2 Å². The molecule has 2 saturated heterocycles. The van der Waals surface area contributed by atoms with Crippen LogP contribution in [-0.4, -0.2) is 44.7 Å². The van der Waals surface area contributed by atoms with Crippen LogP contribution >= 0.6 is 0 Å². The maximum atomic E-state index is 12.9. The van der Waals surface area contributed by atoms with Gasteiger partial charge in [0, 0.05) is 38.1 Å². The fourth-order valence-electron chi connectivity index (χ4n) is 8.03. The normalized spacial score (nSPS) is 30.9. The molecule has 1 saturated carbocycles. The van der Waals surface area contributed by atoms with E-state index >= 15 is 0 Å². The second kappa shape index (κ2) is 9.85. The molecule has 0 N–H and O–H groups in total. The molecular weight excluding hydrogens is 458 g/mol. The zero-order valence-corrected chi connectivity index (χ0v) is 24.0. The summed E-state index contributed by atoms with van der Waals surface area (Å²) in [6, 6.07) is 22.6. The van der Waals surface area contributed by atoms with Crippen LogP contribution in [0.4, 0.5) is 0 Å². The summed E-state index contributed by atoms with van der Waals surface area (Å²) in [5.74, 6) is 1.99. The van der Waals surface area contributed by atoms with Crippen molar-refractivity contribution in [3.63, 3.8) is 0 Å². The molecule has 0 unspecified atom stereocenters. The van der Waals surface area contributed by atoms with Crippen molar-refractivity contribution in [1.82, 2.24) is 4.90 Å². The van der Waals surface area contributed by atoms with Gasteiger partial charge in [-0.3, -0.25) is 9.69 Å². The average molecular weight is 504 g/mol. The highest BCUT2D eigenvalue weighted by molar-refractivity contribution is 6.99. The van der Waals surface area contributed by atoms with Gasteiger partial charge in [0.15, 0.2) is 0 Å². The molecule has 2 aromatic rings. The first-order chi connectivity index (χ1) is 17.2. The van der Waals surface area contributed by atoms with Crippen LogP contribution in [0.3, 0.4) is 0 Å². The zero-order chi connectivity index (χ0) is 25.6. The van der Waals surface area contributed by atoms with Gasteiger partial charge in [-0.15, -0.1) is 0 Å². The first-order valence-corrected chi connectivity index (χ1v) is 16.1. The number of carbonyl (C=O) groups is 1. The van der Waals surface area contributed by atoms with Gasteiger partial charge in [-0.05, 0) is 58.3 Å². The van der Waals surface area contributed by atoms with Gasteiger partial charge in [0.1, 0.15) is 5.78 Å². The third kappa shape index (κ3) is 4.33. The van der Waals surface area contributed by atoms with Crippen molar-refractivity contribution in [3.8, 4) is 0 Å². The Kier molecular flexibility index (Phi) is 7.08. The summed E-state index contributed by atoms with van der Waals surface area (Å²) in [5, 5.41) is 2.73. The van der Waals surface area contributed by atoms with Gasteiger partial charge in [0.2, 0.25) is 0 Å². The number of hydrogen-bond donors (Lipinski definition) is 0. The van der Waals surface area contributed by atoms with Crippen LogP contribution in [0.25, 0.3) is 0 Å². The van der Waals surface area contributed by atoms with Crippen molar-refractivity contribution in [3.05, 3.63) is 60.7 Å². The topological polar surface area (TPSA) is 29.5 Å². The Labute approximate surface area is 219 Å². The molecule has 2 heterocycles. The van der Waals surface area contributed by atoms with E-state index in [1.54, 1.807) is 0 Å². The molecule has 2 bridgehead atoms. The van der Waals surface area contributed by atoms with E-state index in [1.165, 1.54) is 23.3 Å². The number of carbonyl (C=O) groups excluding carboxylic acids is 1. The van der Waals surface area contributed by atoms with E-state index in [9.17, 15) is 4.79 Å². The maximum absolute atomic E-state index is 12.9. The van der Waals surface area contributed by atoms with Crippen molar-refractivity contribution in [2.75, 3.05) is 19.7 Å². The largest absolute Gasteiger partial charge is 0.407 e. The lowest BCUT2D eigenvalue weighted by atomic mass is 9.69. The molecule has 0 amide bonds. The number of hydrogen-bond acceptors (Lipinski definition) is 3. The third-order valence-electron chi connectivity index (χ3n) is 10.0. The molecule has 3 fully saturated rings. The molecule has 0 spiro atoms. The van der Waals surface area contributed by atoms with Crippen LogP contribution in [0.15, 0.2) is 60.7 Å². The third-order valence-corrected chi connectivity index (χ3v) is 15.1. The molecule has 5 rings (SSSR count). The highest BCUT2D eigenvalue weighted by Crippen LogP contribution is 2.54. The molecule has 194 valence electrons. The van der Waals surface area contributed by atoms with Crippen LogP contribution in [0.1, 0.15) is 66.7 Å². The lowest BCUT2D eigenvalue weighted by molar-refractivity contribution is -0.125. The van der Waals surface area contributed by atoms with Gasteiger partial charge in [-0.25, -0.2) is 0 Å². The first-order valence-electron chi connectivity index (χ1n) is 14.2. The summed E-state index contributed by atoms with van der Waals surface area (Å²) >= 11 is 0.